The number of hydrogen-bond acceptors (Lipinski definition) is 4. The number of halogens is 3. The van der Waals surface area contributed by atoms with Gasteiger partial charge in [0, 0.05) is 13.1 Å². The maximum absolute atomic E-state index is 13.1. The van der Waals surface area contributed by atoms with Gasteiger partial charge in [-0.05, 0) is 33.2 Å². The minimum absolute atomic E-state index is 0.191. The fourth-order valence-corrected chi connectivity index (χ4v) is 1.70. The van der Waals surface area contributed by atoms with E-state index in [1.165, 1.54) is 13.0 Å². The summed E-state index contributed by atoms with van der Waals surface area (Å²) in [4.78, 5) is 13.4. The largest absolute Gasteiger partial charge is 0.463 e. The molecule has 0 aromatic carbocycles. The van der Waals surface area contributed by atoms with Crippen molar-refractivity contribution in [3.05, 3.63) is 23.7 Å². The number of nitrogens with zero attached hydrogens (tertiary/aromatic N) is 1. The number of alkyl halides is 3. The number of carbonyl (C=O) groups excluding carboxylic acids is 1. The highest BCUT2D eigenvalue weighted by Crippen LogP contribution is 2.42. The van der Waals surface area contributed by atoms with E-state index in [9.17, 15) is 23.1 Å². The molecule has 1 aromatic rings. The van der Waals surface area contributed by atoms with E-state index in [0.29, 0.717) is 6.54 Å². The van der Waals surface area contributed by atoms with Crippen molar-refractivity contribution >= 4 is 5.91 Å². The number of rotatable bonds is 6. The Kier molecular flexibility index (Phi) is 5.41. The van der Waals surface area contributed by atoms with Crippen molar-refractivity contribution in [2.45, 2.75) is 25.1 Å². The van der Waals surface area contributed by atoms with E-state index in [2.05, 4.69) is 5.32 Å². The summed E-state index contributed by atoms with van der Waals surface area (Å²) < 4.78 is 44.2. The fourth-order valence-electron chi connectivity index (χ4n) is 1.70. The van der Waals surface area contributed by atoms with Gasteiger partial charge in [-0.2, -0.15) is 13.2 Å². The van der Waals surface area contributed by atoms with Crippen LogP contribution < -0.4 is 5.32 Å². The first kappa shape index (κ1) is 17.5. The van der Waals surface area contributed by atoms with Crippen molar-refractivity contribution in [2.24, 2.45) is 0 Å². The summed E-state index contributed by atoms with van der Waals surface area (Å²) >= 11 is 0. The van der Waals surface area contributed by atoms with Crippen LogP contribution in [0.2, 0.25) is 0 Å². The molecule has 8 heteroatoms. The fraction of sp³-hybridized carbons (Fsp3) is 0.615. The quantitative estimate of drug-likeness (QED) is 0.834. The first-order valence-electron chi connectivity index (χ1n) is 6.33. The van der Waals surface area contributed by atoms with Crippen molar-refractivity contribution in [1.29, 1.82) is 0 Å². The van der Waals surface area contributed by atoms with Crippen LogP contribution in [-0.2, 0) is 10.4 Å². The smallest absolute Gasteiger partial charge is 0.425 e. The van der Waals surface area contributed by atoms with Crippen LogP contribution >= 0.6 is 0 Å². The molecular weight excluding hydrogens is 289 g/mol. The van der Waals surface area contributed by atoms with Crippen LogP contribution in [0.15, 0.2) is 16.5 Å². The van der Waals surface area contributed by atoms with Gasteiger partial charge < -0.3 is 19.7 Å². The van der Waals surface area contributed by atoms with Gasteiger partial charge in [0.05, 0.1) is 6.42 Å². The zero-order chi connectivity index (χ0) is 16.3. The molecule has 0 fully saturated rings. The Morgan fingerprint density at radius 1 is 1.38 bits per heavy atom. The van der Waals surface area contributed by atoms with Gasteiger partial charge in [-0.1, -0.05) is 0 Å². The number of nitrogens with one attached hydrogen (secondary N) is 1. The minimum Gasteiger partial charge on any atom is -0.463 e. The summed E-state index contributed by atoms with van der Waals surface area (Å²) in [5.74, 6) is -1.36. The lowest BCUT2D eigenvalue weighted by Gasteiger charge is -2.28. The van der Waals surface area contributed by atoms with Crippen LogP contribution in [0.3, 0.4) is 0 Å². The van der Waals surface area contributed by atoms with E-state index in [1.54, 1.807) is 19.0 Å². The SMILES string of the molecule is Cc1ccc(C(O)(CC(=O)NCCN(C)C)C(F)(F)F)o1. The molecule has 0 saturated carbocycles. The summed E-state index contributed by atoms with van der Waals surface area (Å²) in [7, 11) is 3.54. The highest BCUT2D eigenvalue weighted by molar-refractivity contribution is 5.77. The van der Waals surface area contributed by atoms with Gasteiger partial charge in [-0.3, -0.25) is 4.79 Å². The maximum Gasteiger partial charge on any atom is 0.425 e. The second-order valence-electron chi connectivity index (χ2n) is 5.10. The normalized spacial score (nSPS) is 15.0. The molecular formula is C13H19F3N2O3. The molecule has 120 valence electrons. The van der Waals surface area contributed by atoms with E-state index in [1.807, 2.05) is 0 Å². The average molecular weight is 308 g/mol. The third-order valence-corrected chi connectivity index (χ3v) is 2.91. The summed E-state index contributed by atoms with van der Waals surface area (Å²) in [6.07, 6.45) is -6.16. The number of hydrogen-bond donors (Lipinski definition) is 2. The first-order chi connectivity index (χ1) is 9.56. The molecule has 0 aliphatic rings. The molecule has 21 heavy (non-hydrogen) atoms. The first-order valence-corrected chi connectivity index (χ1v) is 6.33. The topological polar surface area (TPSA) is 65.7 Å². The molecule has 0 aliphatic carbocycles. The summed E-state index contributed by atoms with van der Waals surface area (Å²) in [5.41, 5.74) is -3.33. The van der Waals surface area contributed by atoms with Gasteiger partial charge in [0.1, 0.15) is 11.5 Å². The summed E-state index contributed by atoms with van der Waals surface area (Å²) in [6.45, 7) is 2.13. The van der Waals surface area contributed by atoms with Gasteiger partial charge in [0.15, 0.2) is 0 Å². The van der Waals surface area contributed by atoms with E-state index in [-0.39, 0.29) is 12.3 Å². The molecule has 1 unspecified atom stereocenters. The lowest BCUT2D eigenvalue weighted by molar-refractivity contribution is -0.273. The Morgan fingerprint density at radius 3 is 2.43 bits per heavy atom. The summed E-state index contributed by atoms with van der Waals surface area (Å²) in [5, 5.41) is 12.3. The molecule has 5 nitrogen and oxygen atoms in total. The van der Waals surface area contributed by atoms with Crippen molar-refractivity contribution in [3.8, 4) is 0 Å². The number of amides is 1. The van der Waals surface area contributed by atoms with Crippen LogP contribution in [0.4, 0.5) is 13.2 Å². The molecule has 2 N–H and O–H groups in total. The van der Waals surface area contributed by atoms with Crippen molar-refractivity contribution in [3.63, 3.8) is 0 Å². The van der Waals surface area contributed by atoms with Crippen LogP contribution in [0.1, 0.15) is 17.9 Å². The maximum atomic E-state index is 13.1. The molecule has 1 atom stereocenters. The number of furan rings is 1. The second-order valence-corrected chi connectivity index (χ2v) is 5.10. The van der Waals surface area contributed by atoms with Gasteiger partial charge in [-0.15, -0.1) is 0 Å². The van der Waals surface area contributed by atoms with Crippen LogP contribution in [0.25, 0.3) is 0 Å². The van der Waals surface area contributed by atoms with Crippen molar-refractivity contribution < 1.29 is 27.5 Å². The number of aliphatic hydroxyl groups is 1. The molecule has 1 aromatic heterocycles. The van der Waals surface area contributed by atoms with E-state index in [0.717, 1.165) is 6.07 Å². The van der Waals surface area contributed by atoms with Gasteiger partial charge in [0.2, 0.25) is 11.5 Å². The molecule has 1 rings (SSSR count). The lowest BCUT2D eigenvalue weighted by atomic mass is 9.95. The Bertz CT molecular complexity index is 485. The third kappa shape index (κ3) is 4.47. The van der Waals surface area contributed by atoms with Gasteiger partial charge in [0.25, 0.3) is 0 Å². The Labute approximate surface area is 120 Å². The molecule has 0 bridgehead atoms. The van der Waals surface area contributed by atoms with Crippen molar-refractivity contribution in [2.75, 3.05) is 27.2 Å². The lowest BCUT2D eigenvalue weighted by Crippen LogP contribution is -2.46. The molecule has 0 radical (unpaired) electrons. The van der Waals surface area contributed by atoms with Gasteiger partial charge >= 0.3 is 6.18 Å². The van der Waals surface area contributed by atoms with Gasteiger partial charge in [-0.25, -0.2) is 0 Å². The Hall–Kier alpha value is -1.54. The molecule has 0 spiro atoms. The minimum atomic E-state index is -5.02. The number of carbonyl (C=O) groups is 1. The zero-order valence-electron chi connectivity index (χ0n) is 12.1. The van der Waals surface area contributed by atoms with Crippen molar-refractivity contribution in [1.82, 2.24) is 10.2 Å². The highest BCUT2D eigenvalue weighted by atomic mass is 19.4. The predicted molar refractivity (Wildman–Crippen MR) is 69.6 cm³/mol. The Morgan fingerprint density at radius 2 is 2.00 bits per heavy atom. The molecule has 1 amide bonds. The van der Waals surface area contributed by atoms with Crippen LogP contribution in [0.5, 0.6) is 0 Å². The summed E-state index contributed by atoms with van der Waals surface area (Å²) in [6, 6.07) is 2.33. The molecule has 1 heterocycles. The number of likely N-dealkylation sites (N-methyl/N-ethyl adjacent to an activating group) is 1. The van der Waals surface area contributed by atoms with Crippen LogP contribution in [0, 0.1) is 6.92 Å². The second kappa shape index (κ2) is 6.48. The third-order valence-electron chi connectivity index (χ3n) is 2.91. The zero-order valence-corrected chi connectivity index (χ0v) is 12.1. The van der Waals surface area contributed by atoms with E-state index < -0.39 is 29.9 Å². The van der Waals surface area contributed by atoms with E-state index >= 15 is 0 Å². The Balaban J connectivity index is 2.83. The van der Waals surface area contributed by atoms with E-state index in [4.69, 9.17) is 4.42 Å². The monoisotopic (exact) mass is 308 g/mol. The predicted octanol–water partition coefficient (Wildman–Crippen LogP) is 1.41. The molecule has 0 aliphatic heterocycles. The molecule has 0 saturated heterocycles. The average Bonchev–Trinajstić information content (AvgIpc) is 2.74. The van der Waals surface area contributed by atoms with Crippen LogP contribution in [-0.4, -0.2) is 49.3 Å². The number of aryl methyl sites for hydroxylation is 1. The highest BCUT2D eigenvalue weighted by Gasteiger charge is 2.58. The standard InChI is InChI=1S/C13H19F3N2O3/c1-9-4-5-10(21-9)12(20,13(14,15)16)8-11(19)17-6-7-18(2)3/h4-5,20H,6-8H2,1-3H3,(H,17,19).